The summed E-state index contributed by atoms with van der Waals surface area (Å²) >= 11 is 12.2. The minimum absolute atomic E-state index is 0.117. The number of imide groups is 1. The molecule has 0 fully saturated rings. The highest BCUT2D eigenvalue weighted by atomic mass is 35.5. The number of carbonyl (C=O) groups is 4. The Hall–Kier alpha value is -4.14. The summed E-state index contributed by atoms with van der Waals surface area (Å²) in [5.74, 6) is -2.21. The van der Waals surface area contributed by atoms with Gasteiger partial charge in [0.15, 0.2) is 0 Å². The Morgan fingerprint density at radius 1 is 0.861 bits per heavy atom. The summed E-state index contributed by atoms with van der Waals surface area (Å²) in [6.45, 7) is 1.98. The van der Waals surface area contributed by atoms with Crippen LogP contribution in [0.3, 0.4) is 0 Å². The summed E-state index contributed by atoms with van der Waals surface area (Å²) < 4.78 is 4.94. The first-order valence-corrected chi connectivity index (χ1v) is 11.5. The first-order valence-electron chi connectivity index (χ1n) is 10.8. The second-order valence-electron chi connectivity index (χ2n) is 7.57. The number of hydrogen-bond acceptors (Lipinski definition) is 6. The molecule has 0 bridgehead atoms. The Kier molecular flexibility index (Phi) is 7.38. The molecule has 1 heterocycles. The lowest BCUT2D eigenvalue weighted by Gasteiger charge is -2.15. The second kappa shape index (κ2) is 10.6. The Morgan fingerprint density at radius 3 is 2.28 bits per heavy atom. The molecule has 0 aromatic heterocycles. The molecule has 8 nitrogen and oxygen atoms in total. The van der Waals surface area contributed by atoms with E-state index in [-0.39, 0.29) is 28.6 Å². The lowest BCUT2D eigenvalue weighted by Crippen LogP contribution is -2.32. The molecule has 3 aromatic carbocycles. The number of esters is 1. The van der Waals surface area contributed by atoms with Crippen LogP contribution in [0.25, 0.3) is 0 Å². The van der Waals surface area contributed by atoms with Crippen molar-refractivity contribution in [3.8, 4) is 0 Å². The molecule has 0 atom stereocenters. The van der Waals surface area contributed by atoms with Gasteiger partial charge in [-0.25, -0.2) is 9.69 Å². The summed E-state index contributed by atoms with van der Waals surface area (Å²) in [5, 5.41) is 5.66. The normalized spacial score (nSPS) is 13.1. The molecule has 2 N–H and O–H groups in total. The predicted molar refractivity (Wildman–Crippen MR) is 137 cm³/mol. The van der Waals surface area contributed by atoms with E-state index in [2.05, 4.69) is 10.6 Å². The van der Waals surface area contributed by atoms with Crippen LogP contribution >= 0.6 is 23.2 Å². The van der Waals surface area contributed by atoms with Gasteiger partial charge in [-0.1, -0.05) is 35.3 Å². The van der Waals surface area contributed by atoms with Gasteiger partial charge in [-0.05, 0) is 67.6 Å². The highest BCUT2D eigenvalue weighted by Gasteiger charge is 2.39. The van der Waals surface area contributed by atoms with Gasteiger partial charge >= 0.3 is 5.97 Å². The molecule has 10 heteroatoms. The van der Waals surface area contributed by atoms with Crippen LogP contribution in [0.1, 0.15) is 27.6 Å². The van der Waals surface area contributed by atoms with Gasteiger partial charge in [0, 0.05) is 22.0 Å². The van der Waals surface area contributed by atoms with Crippen LogP contribution in [0, 0.1) is 0 Å². The maximum atomic E-state index is 13.0. The molecule has 0 unspecified atom stereocenters. The maximum absolute atomic E-state index is 13.0. The minimum Gasteiger partial charge on any atom is -0.462 e. The highest BCUT2D eigenvalue weighted by Crippen LogP contribution is 2.31. The van der Waals surface area contributed by atoms with Crippen molar-refractivity contribution in [3.05, 3.63) is 99.7 Å². The number of nitrogens with zero attached hydrogens (tertiary/aromatic N) is 1. The zero-order valence-electron chi connectivity index (χ0n) is 18.9. The Bertz CT molecular complexity index is 1400. The zero-order valence-corrected chi connectivity index (χ0v) is 20.4. The van der Waals surface area contributed by atoms with E-state index < -0.39 is 23.7 Å². The molecular weight excluding hydrogens is 505 g/mol. The van der Waals surface area contributed by atoms with Crippen molar-refractivity contribution in [2.75, 3.05) is 22.1 Å². The van der Waals surface area contributed by atoms with E-state index in [1.165, 1.54) is 12.1 Å². The number of nitrogens with one attached hydrogen (secondary N) is 2. The molecule has 0 spiro atoms. The molecule has 182 valence electrons. The van der Waals surface area contributed by atoms with Crippen LogP contribution in [-0.2, 0) is 14.3 Å². The largest absolute Gasteiger partial charge is 0.462 e. The molecule has 3 aromatic rings. The monoisotopic (exact) mass is 523 g/mol. The van der Waals surface area contributed by atoms with Crippen LogP contribution in [0.5, 0.6) is 0 Å². The van der Waals surface area contributed by atoms with E-state index in [4.69, 9.17) is 27.9 Å². The standard InChI is InChI=1S/C26H19Cl2N3O5/c1-2-36-26(35)15-9-11-18(12-10-15)30-23(32)16-5-3-7-19(13-16)29-22-21(28)24(33)31(25(22)34)20-8-4-6-17(27)14-20/h3-14,29H,2H2,1H3,(H,30,32). The fraction of sp³-hybridized carbons (Fsp3) is 0.0769. The SMILES string of the molecule is CCOC(=O)c1ccc(NC(=O)c2cccc(NC3=C(Cl)C(=O)N(c4cccc(Cl)c4)C3=O)c2)cc1. The second-order valence-corrected chi connectivity index (χ2v) is 8.39. The van der Waals surface area contributed by atoms with Crippen LogP contribution in [-0.4, -0.2) is 30.3 Å². The van der Waals surface area contributed by atoms with E-state index >= 15 is 0 Å². The third-order valence-electron chi connectivity index (χ3n) is 5.14. The van der Waals surface area contributed by atoms with Gasteiger partial charge in [0.25, 0.3) is 17.7 Å². The first-order chi connectivity index (χ1) is 17.3. The quantitative estimate of drug-likeness (QED) is 0.325. The van der Waals surface area contributed by atoms with Gasteiger partial charge in [0.05, 0.1) is 17.9 Å². The van der Waals surface area contributed by atoms with Gasteiger partial charge in [-0.15, -0.1) is 0 Å². The molecule has 0 aliphatic carbocycles. The van der Waals surface area contributed by atoms with E-state index in [0.29, 0.717) is 22.0 Å². The number of benzene rings is 3. The fourth-order valence-corrected chi connectivity index (χ4v) is 3.85. The van der Waals surface area contributed by atoms with E-state index in [0.717, 1.165) is 4.90 Å². The van der Waals surface area contributed by atoms with Crippen molar-refractivity contribution >= 4 is 64.0 Å². The minimum atomic E-state index is -0.688. The molecule has 36 heavy (non-hydrogen) atoms. The molecule has 3 amide bonds. The van der Waals surface area contributed by atoms with E-state index in [1.54, 1.807) is 67.6 Å². The summed E-state index contributed by atoms with van der Waals surface area (Å²) in [5.41, 5.74) is 1.68. The van der Waals surface area contributed by atoms with Crippen LogP contribution < -0.4 is 15.5 Å². The zero-order chi connectivity index (χ0) is 25.8. The topological polar surface area (TPSA) is 105 Å². The lowest BCUT2D eigenvalue weighted by atomic mass is 10.1. The van der Waals surface area contributed by atoms with Gasteiger partial charge < -0.3 is 15.4 Å². The van der Waals surface area contributed by atoms with E-state index in [9.17, 15) is 19.2 Å². The number of carbonyl (C=O) groups excluding carboxylic acids is 4. The van der Waals surface area contributed by atoms with Crippen LogP contribution in [0.2, 0.25) is 5.02 Å². The number of rotatable bonds is 7. The summed E-state index contributed by atoms with van der Waals surface area (Å²) in [6.07, 6.45) is 0. The van der Waals surface area contributed by atoms with Crippen molar-refractivity contribution in [1.29, 1.82) is 0 Å². The number of amides is 3. The molecular formula is C26H19Cl2N3O5. The fourth-order valence-electron chi connectivity index (χ4n) is 3.45. The van der Waals surface area contributed by atoms with Crippen LogP contribution in [0.4, 0.5) is 17.1 Å². The number of ether oxygens (including phenoxy) is 1. The summed E-state index contributed by atoms with van der Waals surface area (Å²) in [6, 6.07) is 18.9. The molecule has 0 saturated carbocycles. The molecule has 0 radical (unpaired) electrons. The molecule has 4 rings (SSSR count). The lowest BCUT2D eigenvalue weighted by molar-refractivity contribution is -0.120. The number of hydrogen-bond donors (Lipinski definition) is 2. The average Bonchev–Trinajstić information content (AvgIpc) is 3.07. The third-order valence-corrected chi connectivity index (χ3v) is 5.73. The van der Waals surface area contributed by atoms with Gasteiger partial charge in [-0.3, -0.25) is 14.4 Å². The Morgan fingerprint density at radius 2 is 1.58 bits per heavy atom. The van der Waals surface area contributed by atoms with Crippen molar-refractivity contribution in [1.82, 2.24) is 0 Å². The van der Waals surface area contributed by atoms with Crippen molar-refractivity contribution < 1.29 is 23.9 Å². The third kappa shape index (κ3) is 5.25. The van der Waals surface area contributed by atoms with Gasteiger partial charge in [-0.2, -0.15) is 0 Å². The summed E-state index contributed by atoms with van der Waals surface area (Å²) in [4.78, 5) is 51.1. The Balaban J connectivity index is 1.48. The van der Waals surface area contributed by atoms with Gasteiger partial charge in [0.1, 0.15) is 10.7 Å². The maximum Gasteiger partial charge on any atom is 0.338 e. The molecule has 1 aliphatic heterocycles. The van der Waals surface area contributed by atoms with Crippen molar-refractivity contribution in [2.45, 2.75) is 6.92 Å². The smallest absolute Gasteiger partial charge is 0.338 e. The molecule has 1 aliphatic rings. The van der Waals surface area contributed by atoms with Crippen LogP contribution in [0.15, 0.2) is 83.5 Å². The van der Waals surface area contributed by atoms with Crippen molar-refractivity contribution in [3.63, 3.8) is 0 Å². The van der Waals surface area contributed by atoms with Crippen molar-refractivity contribution in [2.24, 2.45) is 0 Å². The summed E-state index contributed by atoms with van der Waals surface area (Å²) in [7, 11) is 0. The average molecular weight is 524 g/mol. The highest BCUT2D eigenvalue weighted by molar-refractivity contribution is 6.53. The predicted octanol–water partition coefficient (Wildman–Crippen LogP) is 5.20. The Labute approximate surface area is 216 Å². The number of halogens is 2. The number of anilines is 3. The molecule has 0 saturated heterocycles. The van der Waals surface area contributed by atoms with E-state index in [1.807, 2.05) is 0 Å². The first kappa shape index (κ1) is 25.0. The van der Waals surface area contributed by atoms with Gasteiger partial charge in [0.2, 0.25) is 0 Å².